The van der Waals surface area contributed by atoms with Gasteiger partial charge in [0.1, 0.15) is 5.75 Å². The Morgan fingerprint density at radius 1 is 1.13 bits per heavy atom. The van der Waals surface area contributed by atoms with Gasteiger partial charge in [0.15, 0.2) is 0 Å². The van der Waals surface area contributed by atoms with E-state index in [2.05, 4.69) is 47.8 Å². The summed E-state index contributed by atoms with van der Waals surface area (Å²) in [4.78, 5) is 5.02. The number of nitrogens with two attached hydrogens (primary N) is 1. The Morgan fingerprint density at radius 2 is 1.87 bits per heavy atom. The Bertz CT molecular complexity index is 672. The maximum Gasteiger partial charge on any atom is 0.119 e. The first-order valence-electron chi connectivity index (χ1n) is 11.3. The molecule has 0 aromatic heterocycles. The Balaban J connectivity index is 0.000000428. The molecule has 4 heteroatoms. The van der Waals surface area contributed by atoms with Crippen LogP contribution in [-0.2, 0) is 6.42 Å². The Morgan fingerprint density at radius 3 is 2.47 bits per heavy atom. The fourth-order valence-corrected chi connectivity index (χ4v) is 3.81. The number of hydrogen-bond acceptors (Lipinski definition) is 4. The summed E-state index contributed by atoms with van der Waals surface area (Å²) in [5.74, 6) is 1.05. The van der Waals surface area contributed by atoms with Crippen molar-refractivity contribution in [3.05, 3.63) is 47.7 Å². The van der Waals surface area contributed by atoms with Gasteiger partial charge in [-0.15, -0.1) is 12.8 Å². The Hall–Kier alpha value is -2.38. The lowest BCUT2D eigenvalue weighted by molar-refractivity contribution is 0.205. The predicted molar refractivity (Wildman–Crippen MR) is 131 cm³/mol. The fraction of sp³-hybridized carbons (Fsp3) is 0.538. The molecule has 0 bridgehead atoms. The van der Waals surface area contributed by atoms with Crippen LogP contribution in [0.3, 0.4) is 0 Å². The second-order valence-electron chi connectivity index (χ2n) is 7.51. The van der Waals surface area contributed by atoms with E-state index in [0.717, 1.165) is 44.0 Å². The van der Waals surface area contributed by atoms with Gasteiger partial charge in [0.2, 0.25) is 0 Å². The molecule has 2 heterocycles. The minimum atomic E-state index is 0.822. The third-order valence-corrected chi connectivity index (χ3v) is 5.45. The molecule has 2 aliphatic heterocycles. The number of fused-ring (bicyclic) bond motifs is 1. The molecule has 2 N–H and O–H groups in total. The lowest BCUT2D eigenvalue weighted by Gasteiger charge is -2.26. The number of rotatable bonds is 7. The second kappa shape index (κ2) is 15.5. The van der Waals surface area contributed by atoms with E-state index in [1.54, 1.807) is 0 Å². The van der Waals surface area contributed by atoms with Gasteiger partial charge in [-0.2, -0.15) is 0 Å². The molecule has 30 heavy (non-hydrogen) atoms. The number of terminal acetylenes is 1. The van der Waals surface area contributed by atoms with Crippen molar-refractivity contribution < 1.29 is 4.74 Å². The molecule has 166 valence electrons. The normalized spacial score (nSPS) is 16.3. The van der Waals surface area contributed by atoms with Crippen molar-refractivity contribution in [1.29, 1.82) is 0 Å². The molecule has 0 unspecified atom stereocenters. The molecule has 1 aromatic carbocycles. The largest absolute Gasteiger partial charge is 0.494 e. The monoisotopic (exact) mass is 411 g/mol. The van der Waals surface area contributed by atoms with Gasteiger partial charge in [-0.05, 0) is 89.4 Å². The van der Waals surface area contributed by atoms with Crippen molar-refractivity contribution >= 4 is 5.69 Å². The minimum Gasteiger partial charge on any atom is -0.494 e. The Labute approximate surface area is 184 Å². The van der Waals surface area contributed by atoms with E-state index < -0.39 is 0 Å². The molecule has 0 aliphatic carbocycles. The van der Waals surface area contributed by atoms with Gasteiger partial charge in [-0.25, -0.2) is 0 Å². The summed E-state index contributed by atoms with van der Waals surface area (Å²) in [5, 5.41) is 0. The number of piperidine rings is 1. The third kappa shape index (κ3) is 8.97. The van der Waals surface area contributed by atoms with Crippen molar-refractivity contribution in [2.75, 3.05) is 44.2 Å². The van der Waals surface area contributed by atoms with Crippen molar-refractivity contribution in [2.24, 2.45) is 5.73 Å². The van der Waals surface area contributed by atoms with E-state index in [9.17, 15) is 0 Å². The topological polar surface area (TPSA) is 41.7 Å². The average molecular weight is 412 g/mol. The standard InChI is InChI=1S/C18H28N2O.C6H11N.C2H2/c1-2-20-13-9-16-15-17(7-8-18(16)20)21-14-6-12-19-10-4-3-5-11-19;1-3-5-6(7)4-2;1-2/h7-8,15H,2-6,9-14H2,1H3;3-5H,7H2,1-2H3;1-2H/b;5-3-,6-4+;. The number of likely N-dealkylation sites (tertiary alicyclic amines) is 1. The van der Waals surface area contributed by atoms with E-state index in [-0.39, 0.29) is 0 Å². The zero-order valence-corrected chi connectivity index (χ0v) is 19.3. The molecule has 0 spiro atoms. The smallest absolute Gasteiger partial charge is 0.119 e. The third-order valence-electron chi connectivity index (χ3n) is 5.45. The molecule has 0 saturated carbocycles. The summed E-state index contributed by atoms with van der Waals surface area (Å²) in [6.07, 6.45) is 20.1. The number of allylic oxidation sites excluding steroid dienone is 3. The van der Waals surface area contributed by atoms with Crippen LogP contribution in [0.4, 0.5) is 5.69 Å². The first-order valence-corrected chi connectivity index (χ1v) is 11.3. The highest BCUT2D eigenvalue weighted by Gasteiger charge is 2.17. The quantitative estimate of drug-likeness (QED) is 0.389. The average Bonchev–Trinajstić information content (AvgIpc) is 3.22. The minimum absolute atomic E-state index is 0.822. The summed E-state index contributed by atoms with van der Waals surface area (Å²) in [6, 6.07) is 6.60. The molecule has 0 radical (unpaired) electrons. The van der Waals surface area contributed by atoms with E-state index in [1.807, 2.05) is 32.1 Å². The number of likely N-dealkylation sites (N-methyl/N-ethyl adjacent to an activating group) is 1. The number of ether oxygens (including phenoxy) is 1. The fourth-order valence-electron chi connectivity index (χ4n) is 3.81. The SMILES string of the molecule is C#C.C/C=C\C(N)=C/C.CCN1CCc2cc(OCCCN3CCCCC3)ccc21. The predicted octanol–water partition coefficient (Wildman–Crippen LogP) is 5.00. The number of hydrogen-bond donors (Lipinski definition) is 1. The zero-order valence-electron chi connectivity index (χ0n) is 19.3. The highest BCUT2D eigenvalue weighted by molar-refractivity contribution is 5.60. The first kappa shape index (κ1) is 25.7. The van der Waals surface area contributed by atoms with Gasteiger partial charge in [0.25, 0.3) is 0 Å². The summed E-state index contributed by atoms with van der Waals surface area (Å²) in [6.45, 7) is 12.9. The maximum atomic E-state index is 5.95. The first-order chi connectivity index (χ1) is 14.7. The molecule has 2 aliphatic rings. The summed E-state index contributed by atoms with van der Waals surface area (Å²) in [7, 11) is 0. The van der Waals surface area contributed by atoms with E-state index in [0.29, 0.717) is 0 Å². The lowest BCUT2D eigenvalue weighted by atomic mass is 10.1. The molecule has 1 aromatic rings. The van der Waals surface area contributed by atoms with Crippen LogP contribution in [0.25, 0.3) is 0 Å². The van der Waals surface area contributed by atoms with E-state index in [1.165, 1.54) is 50.1 Å². The van der Waals surface area contributed by atoms with Crippen LogP contribution in [0.2, 0.25) is 0 Å². The van der Waals surface area contributed by atoms with E-state index in [4.69, 9.17) is 10.5 Å². The molecule has 4 nitrogen and oxygen atoms in total. The molecule has 1 saturated heterocycles. The Kier molecular flexibility index (Phi) is 13.2. The lowest BCUT2D eigenvalue weighted by Crippen LogP contribution is -2.31. The molecular weight excluding hydrogens is 370 g/mol. The van der Waals surface area contributed by atoms with Crippen LogP contribution in [0, 0.1) is 12.8 Å². The van der Waals surface area contributed by atoms with Gasteiger partial charge in [0.05, 0.1) is 6.61 Å². The second-order valence-corrected chi connectivity index (χ2v) is 7.51. The van der Waals surface area contributed by atoms with Crippen molar-refractivity contribution in [3.63, 3.8) is 0 Å². The van der Waals surface area contributed by atoms with Gasteiger partial charge in [0, 0.05) is 31.0 Å². The molecule has 0 atom stereocenters. The number of benzene rings is 1. The van der Waals surface area contributed by atoms with Crippen molar-refractivity contribution in [3.8, 4) is 18.6 Å². The van der Waals surface area contributed by atoms with Crippen LogP contribution < -0.4 is 15.4 Å². The van der Waals surface area contributed by atoms with Gasteiger partial charge in [-0.3, -0.25) is 0 Å². The van der Waals surface area contributed by atoms with Crippen LogP contribution in [-0.4, -0.2) is 44.2 Å². The molecule has 1 fully saturated rings. The van der Waals surface area contributed by atoms with E-state index >= 15 is 0 Å². The van der Waals surface area contributed by atoms with Crippen LogP contribution >= 0.6 is 0 Å². The van der Waals surface area contributed by atoms with Crippen molar-refractivity contribution in [2.45, 2.75) is 52.9 Å². The van der Waals surface area contributed by atoms with Crippen molar-refractivity contribution in [1.82, 2.24) is 4.90 Å². The molecule has 3 rings (SSSR count). The zero-order chi connectivity index (χ0) is 22.2. The van der Waals surface area contributed by atoms with Crippen LogP contribution in [0.5, 0.6) is 5.75 Å². The number of nitrogens with zero attached hydrogens (tertiary/aromatic N) is 2. The molecule has 0 amide bonds. The van der Waals surface area contributed by atoms with Gasteiger partial charge >= 0.3 is 0 Å². The summed E-state index contributed by atoms with van der Waals surface area (Å²) >= 11 is 0. The maximum absolute atomic E-state index is 5.95. The highest BCUT2D eigenvalue weighted by Crippen LogP contribution is 2.31. The van der Waals surface area contributed by atoms with Gasteiger partial charge in [-0.1, -0.05) is 18.6 Å². The summed E-state index contributed by atoms with van der Waals surface area (Å²) in [5.41, 5.74) is 9.03. The van der Waals surface area contributed by atoms with Crippen LogP contribution in [0.1, 0.15) is 52.0 Å². The highest BCUT2D eigenvalue weighted by atomic mass is 16.5. The van der Waals surface area contributed by atoms with Gasteiger partial charge < -0.3 is 20.3 Å². The molecular formula is C26H41N3O. The summed E-state index contributed by atoms with van der Waals surface area (Å²) < 4.78 is 5.95. The number of anilines is 1. The van der Waals surface area contributed by atoms with Crippen LogP contribution in [0.15, 0.2) is 42.1 Å².